The van der Waals surface area contributed by atoms with Crippen molar-refractivity contribution in [2.24, 2.45) is 0 Å². The molecular weight excluding hydrogens is 420 g/mol. The molecule has 0 spiro atoms. The van der Waals surface area contributed by atoms with Crippen molar-refractivity contribution in [3.05, 3.63) is 59.5 Å². The molecule has 1 unspecified atom stereocenters. The average molecular weight is 453 g/mol. The topological polar surface area (TPSA) is 77.3 Å². The van der Waals surface area contributed by atoms with Gasteiger partial charge in [-0.25, -0.2) is 0 Å². The molecule has 0 aliphatic carbocycles. The summed E-state index contributed by atoms with van der Waals surface area (Å²) >= 11 is 0. The highest BCUT2D eigenvalue weighted by Gasteiger charge is 2.38. The Morgan fingerprint density at radius 1 is 0.970 bits per heavy atom. The summed E-state index contributed by atoms with van der Waals surface area (Å²) in [6, 6.07) is 10.7. The molecule has 2 aromatic rings. The first-order valence-electron chi connectivity index (χ1n) is 11.7. The van der Waals surface area contributed by atoms with Crippen molar-refractivity contribution < 1.29 is 18.8 Å². The van der Waals surface area contributed by atoms with Gasteiger partial charge in [0.2, 0.25) is 11.8 Å². The lowest BCUT2D eigenvalue weighted by atomic mass is 9.92. The summed E-state index contributed by atoms with van der Waals surface area (Å²) in [6.07, 6.45) is 1.96. The normalized spacial score (nSPS) is 18.7. The lowest BCUT2D eigenvalue weighted by Gasteiger charge is -2.41. The van der Waals surface area contributed by atoms with Gasteiger partial charge < -0.3 is 19.1 Å². The fourth-order valence-corrected chi connectivity index (χ4v) is 4.70. The molecule has 3 heterocycles. The van der Waals surface area contributed by atoms with E-state index in [0.717, 1.165) is 11.1 Å². The summed E-state index contributed by atoms with van der Waals surface area (Å²) in [4.78, 5) is 46.6. The van der Waals surface area contributed by atoms with Crippen LogP contribution < -0.4 is 0 Å². The van der Waals surface area contributed by atoms with Crippen LogP contribution in [0, 0.1) is 0 Å². The van der Waals surface area contributed by atoms with Crippen molar-refractivity contribution >= 4 is 17.7 Å². The summed E-state index contributed by atoms with van der Waals surface area (Å²) in [5.41, 5.74) is 2.16. The molecule has 0 bridgehead atoms. The summed E-state index contributed by atoms with van der Waals surface area (Å²) in [5.74, 6) is 0.0567. The number of hydrogen-bond acceptors (Lipinski definition) is 5. The van der Waals surface area contributed by atoms with Crippen LogP contribution in [0.4, 0.5) is 0 Å². The Hall–Kier alpha value is -3.13. The molecule has 33 heavy (non-hydrogen) atoms. The number of furan rings is 1. The van der Waals surface area contributed by atoms with E-state index in [9.17, 15) is 14.4 Å². The Labute approximate surface area is 194 Å². The number of hydrogen-bond donors (Lipinski definition) is 0. The van der Waals surface area contributed by atoms with E-state index < -0.39 is 6.04 Å². The van der Waals surface area contributed by atoms with Gasteiger partial charge in [-0.2, -0.15) is 0 Å². The van der Waals surface area contributed by atoms with E-state index in [1.807, 2.05) is 47.9 Å². The van der Waals surface area contributed by atoms with Gasteiger partial charge in [0.05, 0.1) is 12.8 Å². The number of amides is 3. The first kappa shape index (κ1) is 23.0. The van der Waals surface area contributed by atoms with Crippen LogP contribution in [0.25, 0.3) is 0 Å². The number of piperazine rings is 1. The molecule has 2 aliphatic rings. The van der Waals surface area contributed by atoms with Gasteiger partial charge in [-0.1, -0.05) is 24.3 Å². The number of likely N-dealkylation sites (N-methyl/N-ethyl adjacent to an activating group) is 1. The zero-order valence-corrected chi connectivity index (χ0v) is 19.4. The molecule has 2 aliphatic heterocycles. The van der Waals surface area contributed by atoms with Crippen molar-refractivity contribution in [3.63, 3.8) is 0 Å². The van der Waals surface area contributed by atoms with Gasteiger partial charge in [0.1, 0.15) is 6.04 Å². The highest BCUT2D eigenvalue weighted by atomic mass is 16.3. The minimum absolute atomic E-state index is 0.0425. The molecule has 8 heteroatoms. The number of rotatable bonds is 6. The Bertz CT molecular complexity index is 978. The van der Waals surface area contributed by atoms with Crippen LogP contribution in [0.2, 0.25) is 0 Å². The molecule has 1 aromatic heterocycles. The number of carbonyl (C=O) groups is 3. The molecule has 1 aromatic carbocycles. The molecular formula is C25H32N4O4. The van der Waals surface area contributed by atoms with Crippen LogP contribution >= 0.6 is 0 Å². The molecule has 1 fully saturated rings. The van der Waals surface area contributed by atoms with Crippen molar-refractivity contribution in [2.45, 2.75) is 32.9 Å². The summed E-state index contributed by atoms with van der Waals surface area (Å²) in [6.45, 7) is 8.52. The minimum Gasteiger partial charge on any atom is -0.459 e. The molecule has 8 nitrogen and oxygen atoms in total. The zero-order valence-electron chi connectivity index (χ0n) is 19.4. The fraction of sp³-hybridized carbons (Fsp3) is 0.480. The van der Waals surface area contributed by atoms with Crippen LogP contribution in [0.15, 0.2) is 47.1 Å². The minimum atomic E-state index is -0.568. The second-order valence-electron chi connectivity index (χ2n) is 8.57. The number of nitrogens with zero attached hydrogens (tertiary/aromatic N) is 4. The summed E-state index contributed by atoms with van der Waals surface area (Å²) < 4.78 is 5.34. The lowest BCUT2D eigenvalue weighted by molar-refractivity contribution is -0.139. The third-order valence-corrected chi connectivity index (χ3v) is 6.69. The molecule has 4 rings (SSSR count). The highest BCUT2D eigenvalue weighted by Crippen LogP contribution is 2.26. The van der Waals surface area contributed by atoms with Gasteiger partial charge in [0, 0.05) is 52.2 Å². The molecule has 1 atom stereocenters. The highest BCUT2D eigenvalue weighted by molar-refractivity contribution is 5.96. The quantitative estimate of drug-likeness (QED) is 0.669. The standard InChI is InChI=1S/C25H32N4O4/c1-3-27(4-2)23(30)18-26-11-13-28(14-12-26)24(31)21-16-19-8-5-6-9-20(19)17-29(21)25(32)22-10-7-15-33-22/h5-10,15,21H,3-4,11-14,16-18H2,1-2H3. The fourth-order valence-electron chi connectivity index (χ4n) is 4.70. The summed E-state index contributed by atoms with van der Waals surface area (Å²) in [5, 5.41) is 0. The van der Waals surface area contributed by atoms with E-state index in [4.69, 9.17) is 4.42 Å². The van der Waals surface area contributed by atoms with Crippen LogP contribution in [0.5, 0.6) is 0 Å². The van der Waals surface area contributed by atoms with Crippen LogP contribution in [-0.4, -0.2) is 89.2 Å². The SMILES string of the molecule is CCN(CC)C(=O)CN1CCN(C(=O)C2Cc3ccccc3CN2C(=O)c2ccco2)CC1. The van der Waals surface area contributed by atoms with Crippen molar-refractivity contribution in [1.29, 1.82) is 0 Å². The molecule has 3 amide bonds. The van der Waals surface area contributed by atoms with Gasteiger partial charge in [-0.05, 0) is 37.1 Å². The largest absolute Gasteiger partial charge is 0.459 e. The second-order valence-corrected chi connectivity index (χ2v) is 8.57. The van der Waals surface area contributed by atoms with E-state index in [2.05, 4.69) is 4.90 Å². The Balaban J connectivity index is 1.44. The van der Waals surface area contributed by atoms with Crippen LogP contribution in [-0.2, 0) is 22.6 Å². The van der Waals surface area contributed by atoms with Gasteiger partial charge in [0.15, 0.2) is 5.76 Å². The van der Waals surface area contributed by atoms with Crippen molar-refractivity contribution in [3.8, 4) is 0 Å². The van der Waals surface area contributed by atoms with Crippen LogP contribution in [0.3, 0.4) is 0 Å². The summed E-state index contributed by atoms with van der Waals surface area (Å²) in [7, 11) is 0. The maximum absolute atomic E-state index is 13.6. The maximum Gasteiger partial charge on any atom is 0.290 e. The Morgan fingerprint density at radius 2 is 1.67 bits per heavy atom. The van der Waals surface area contributed by atoms with Gasteiger partial charge >= 0.3 is 0 Å². The van der Waals surface area contributed by atoms with Gasteiger partial charge in [0.25, 0.3) is 5.91 Å². The predicted octanol–water partition coefficient (Wildman–Crippen LogP) is 1.86. The lowest BCUT2D eigenvalue weighted by Crippen LogP contribution is -2.58. The van der Waals surface area contributed by atoms with Gasteiger partial charge in [-0.15, -0.1) is 0 Å². The first-order valence-corrected chi connectivity index (χ1v) is 11.7. The smallest absolute Gasteiger partial charge is 0.290 e. The number of benzene rings is 1. The number of carbonyl (C=O) groups excluding carboxylic acids is 3. The number of fused-ring (bicyclic) bond motifs is 1. The molecule has 0 radical (unpaired) electrons. The monoisotopic (exact) mass is 452 g/mol. The third-order valence-electron chi connectivity index (χ3n) is 6.69. The van der Waals surface area contributed by atoms with Crippen LogP contribution in [0.1, 0.15) is 35.5 Å². The van der Waals surface area contributed by atoms with E-state index in [1.54, 1.807) is 17.0 Å². The Morgan fingerprint density at radius 3 is 2.30 bits per heavy atom. The molecule has 0 saturated carbocycles. The molecule has 176 valence electrons. The van der Waals surface area contributed by atoms with E-state index >= 15 is 0 Å². The van der Waals surface area contributed by atoms with Crippen molar-refractivity contribution in [1.82, 2.24) is 19.6 Å². The van der Waals surface area contributed by atoms with E-state index in [0.29, 0.717) is 58.8 Å². The zero-order chi connectivity index (χ0) is 23.4. The molecule has 0 N–H and O–H groups in total. The maximum atomic E-state index is 13.6. The third kappa shape index (κ3) is 4.95. The Kier molecular flexibility index (Phi) is 7.13. The second kappa shape index (κ2) is 10.2. The average Bonchev–Trinajstić information content (AvgIpc) is 3.39. The van der Waals surface area contributed by atoms with Crippen molar-refractivity contribution in [2.75, 3.05) is 45.8 Å². The van der Waals surface area contributed by atoms with E-state index in [1.165, 1.54) is 6.26 Å². The first-order chi connectivity index (χ1) is 16.0. The van der Waals surface area contributed by atoms with Gasteiger partial charge in [-0.3, -0.25) is 19.3 Å². The van der Waals surface area contributed by atoms with E-state index in [-0.39, 0.29) is 23.5 Å². The predicted molar refractivity (Wildman–Crippen MR) is 123 cm³/mol. The molecule has 1 saturated heterocycles.